The zero-order chi connectivity index (χ0) is 6.81. The molecule has 0 aromatic heterocycles. The van der Waals surface area contributed by atoms with Gasteiger partial charge >= 0.3 is 0 Å². The highest BCUT2D eigenvalue weighted by atomic mass is 14.9. The van der Waals surface area contributed by atoms with Crippen molar-refractivity contribution in [2.75, 3.05) is 6.54 Å². The molecule has 2 heteroatoms. The van der Waals surface area contributed by atoms with E-state index < -0.39 is 0 Å². The second-order valence-corrected chi connectivity index (χ2v) is 2.93. The van der Waals surface area contributed by atoms with E-state index in [-0.39, 0.29) is 0 Å². The van der Waals surface area contributed by atoms with Crippen LogP contribution in [0.2, 0.25) is 0 Å². The van der Waals surface area contributed by atoms with Crippen LogP contribution < -0.4 is 5.32 Å². The number of fused-ring (bicyclic) bond motifs is 1. The lowest BCUT2D eigenvalue weighted by molar-refractivity contribution is 0.395. The average Bonchev–Trinajstić information content (AvgIpc) is 2.05. The molecule has 2 rings (SSSR count). The van der Waals surface area contributed by atoms with Crippen molar-refractivity contribution in [1.82, 2.24) is 5.32 Å². The maximum Gasteiger partial charge on any atom is 0.0345 e. The predicted molar refractivity (Wildman–Crippen MR) is 42.1 cm³/mol. The van der Waals surface area contributed by atoms with Gasteiger partial charge in [0.15, 0.2) is 0 Å². The van der Waals surface area contributed by atoms with Gasteiger partial charge in [0, 0.05) is 24.4 Å². The summed E-state index contributed by atoms with van der Waals surface area (Å²) in [5.74, 6) is 0.666. The van der Waals surface area contributed by atoms with Crippen LogP contribution in [0, 0.1) is 5.92 Å². The lowest BCUT2D eigenvalue weighted by atomic mass is 9.91. The maximum atomic E-state index is 4.12. The Kier molecular flexibility index (Phi) is 1.55. The molecule has 1 saturated heterocycles. The van der Waals surface area contributed by atoms with E-state index in [0.717, 1.165) is 0 Å². The molecule has 1 fully saturated rings. The van der Waals surface area contributed by atoms with Gasteiger partial charge in [-0.2, -0.15) is 0 Å². The third-order valence-electron chi connectivity index (χ3n) is 2.21. The third kappa shape index (κ3) is 0.991. The minimum atomic E-state index is 0.575. The fourth-order valence-corrected chi connectivity index (χ4v) is 1.62. The van der Waals surface area contributed by atoms with E-state index >= 15 is 0 Å². The third-order valence-corrected chi connectivity index (χ3v) is 2.21. The molecule has 0 saturated carbocycles. The predicted octanol–water partition coefficient (Wildman–Crippen LogP) is 0.953. The molecule has 0 aliphatic carbocycles. The van der Waals surface area contributed by atoms with E-state index in [1.807, 2.05) is 6.20 Å². The smallest absolute Gasteiger partial charge is 0.0345 e. The first-order valence-electron chi connectivity index (χ1n) is 3.90. The summed E-state index contributed by atoms with van der Waals surface area (Å²) < 4.78 is 0. The molecule has 2 heterocycles. The van der Waals surface area contributed by atoms with Crippen molar-refractivity contribution in [2.24, 2.45) is 10.9 Å². The number of piperidine rings is 1. The maximum absolute atomic E-state index is 4.12. The van der Waals surface area contributed by atoms with Crippen LogP contribution in [0.1, 0.15) is 12.8 Å². The summed E-state index contributed by atoms with van der Waals surface area (Å²) >= 11 is 0. The van der Waals surface area contributed by atoms with Crippen molar-refractivity contribution in [2.45, 2.75) is 18.9 Å². The van der Waals surface area contributed by atoms with Gasteiger partial charge in [-0.25, -0.2) is 0 Å². The summed E-state index contributed by atoms with van der Waals surface area (Å²) in [7, 11) is 0. The first kappa shape index (κ1) is 6.10. The molecule has 2 aliphatic heterocycles. The summed E-state index contributed by atoms with van der Waals surface area (Å²) in [5, 5.41) is 3.44. The van der Waals surface area contributed by atoms with Crippen molar-refractivity contribution in [3.8, 4) is 0 Å². The van der Waals surface area contributed by atoms with Gasteiger partial charge in [-0.15, -0.1) is 0 Å². The van der Waals surface area contributed by atoms with Crippen molar-refractivity contribution in [3.63, 3.8) is 0 Å². The van der Waals surface area contributed by atoms with Crippen LogP contribution in [-0.4, -0.2) is 18.8 Å². The Morgan fingerprint density at radius 3 is 3.40 bits per heavy atom. The molecule has 2 unspecified atom stereocenters. The lowest BCUT2D eigenvalue weighted by Gasteiger charge is -2.28. The van der Waals surface area contributed by atoms with Gasteiger partial charge in [-0.1, -0.05) is 0 Å². The number of hydrogen-bond donors (Lipinski definition) is 1. The fraction of sp³-hybridized carbons (Fsp3) is 0.625. The van der Waals surface area contributed by atoms with E-state index in [2.05, 4.69) is 22.6 Å². The largest absolute Gasteiger partial charge is 0.310 e. The standard InChI is InChI=1S/C8H12N2/c1-2-7-6-9-5-3-8(7)10-4-1/h3,5-8,10H,1-2,4H2. The average molecular weight is 136 g/mol. The molecule has 0 aromatic carbocycles. The first-order chi connectivity index (χ1) is 4.97. The monoisotopic (exact) mass is 136 g/mol. The van der Waals surface area contributed by atoms with Gasteiger partial charge in [0.05, 0.1) is 0 Å². The van der Waals surface area contributed by atoms with Gasteiger partial charge < -0.3 is 5.32 Å². The van der Waals surface area contributed by atoms with E-state index in [4.69, 9.17) is 0 Å². The quantitative estimate of drug-likeness (QED) is 0.527. The number of rotatable bonds is 0. The molecule has 2 aliphatic rings. The van der Waals surface area contributed by atoms with Crippen LogP contribution in [0.15, 0.2) is 17.3 Å². The summed E-state index contributed by atoms with van der Waals surface area (Å²) in [6.45, 7) is 1.17. The summed E-state index contributed by atoms with van der Waals surface area (Å²) in [6.07, 6.45) is 8.70. The summed E-state index contributed by atoms with van der Waals surface area (Å²) in [6, 6.07) is 0.575. The molecule has 0 bridgehead atoms. The number of hydrogen-bond acceptors (Lipinski definition) is 2. The van der Waals surface area contributed by atoms with Crippen LogP contribution >= 0.6 is 0 Å². The zero-order valence-electron chi connectivity index (χ0n) is 5.96. The van der Waals surface area contributed by atoms with Crippen molar-refractivity contribution < 1.29 is 0 Å². The molecule has 0 spiro atoms. The SMILES string of the molecule is C1=CC2NCCCC2C=N1. The molecular formula is C8H12N2. The Balaban J connectivity index is 2.09. The Morgan fingerprint density at radius 1 is 1.50 bits per heavy atom. The Bertz CT molecular complexity index is 152. The minimum Gasteiger partial charge on any atom is -0.310 e. The first-order valence-corrected chi connectivity index (χ1v) is 3.90. The second kappa shape index (κ2) is 2.54. The Labute approximate surface area is 61.0 Å². The van der Waals surface area contributed by atoms with Gasteiger partial charge in [0.25, 0.3) is 0 Å². The van der Waals surface area contributed by atoms with Crippen LogP contribution in [0.4, 0.5) is 0 Å². The normalized spacial score (nSPS) is 37.6. The highest BCUT2D eigenvalue weighted by Crippen LogP contribution is 2.17. The van der Waals surface area contributed by atoms with E-state index in [9.17, 15) is 0 Å². The van der Waals surface area contributed by atoms with Gasteiger partial charge in [0.1, 0.15) is 0 Å². The van der Waals surface area contributed by atoms with Crippen LogP contribution in [-0.2, 0) is 0 Å². The molecule has 10 heavy (non-hydrogen) atoms. The molecule has 0 radical (unpaired) electrons. The van der Waals surface area contributed by atoms with E-state index in [0.29, 0.717) is 12.0 Å². The summed E-state index contributed by atoms with van der Waals surface area (Å²) in [4.78, 5) is 4.12. The van der Waals surface area contributed by atoms with Gasteiger partial charge in [-0.05, 0) is 25.5 Å². The topological polar surface area (TPSA) is 24.4 Å². The number of nitrogens with zero attached hydrogens (tertiary/aromatic N) is 1. The number of nitrogens with one attached hydrogen (secondary N) is 1. The highest BCUT2D eigenvalue weighted by Gasteiger charge is 2.21. The Hall–Kier alpha value is -0.630. The molecule has 0 aromatic rings. The Morgan fingerprint density at radius 2 is 2.50 bits per heavy atom. The summed E-state index contributed by atoms with van der Waals surface area (Å²) in [5.41, 5.74) is 0. The van der Waals surface area contributed by atoms with E-state index in [1.54, 1.807) is 0 Å². The van der Waals surface area contributed by atoms with Gasteiger partial charge in [0.2, 0.25) is 0 Å². The van der Waals surface area contributed by atoms with Crippen LogP contribution in [0.5, 0.6) is 0 Å². The molecule has 1 N–H and O–H groups in total. The molecule has 2 nitrogen and oxygen atoms in total. The second-order valence-electron chi connectivity index (χ2n) is 2.93. The lowest BCUT2D eigenvalue weighted by Crippen LogP contribution is -2.41. The van der Waals surface area contributed by atoms with Crippen molar-refractivity contribution >= 4 is 6.21 Å². The molecule has 54 valence electrons. The van der Waals surface area contributed by atoms with Crippen LogP contribution in [0.3, 0.4) is 0 Å². The fourth-order valence-electron chi connectivity index (χ4n) is 1.62. The molecule has 0 amide bonds. The van der Waals surface area contributed by atoms with Crippen molar-refractivity contribution in [3.05, 3.63) is 12.3 Å². The minimum absolute atomic E-state index is 0.575. The number of aliphatic imine (C=N–C) groups is 1. The van der Waals surface area contributed by atoms with Gasteiger partial charge in [-0.3, -0.25) is 4.99 Å². The van der Waals surface area contributed by atoms with Crippen LogP contribution in [0.25, 0.3) is 0 Å². The van der Waals surface area contributed by atoms with E-state index in [1.165, 1.54) is 19.4 Å². The zero-order valence-corrected chi connectivity index (χ0v) is 5.96. The molecule has 2 atom stereocenters. The van der Waals surface area contributed by atoms with Crippen molar-refractivity contribution in [1.29, 1.82) is 0 Å². The molecular weight excluding hydrogens is 124 g/mol. The highest BCUT2D eigenvalue weighted by molar-refractivity contribution is 5.64.